The van der Waals surface area contributed by atoms with E-state index in [1.807, 2.05) is 17.9 Å². The van der Waals surface area contributed by atoms with E-state index in [0.29, 0.717) is 12.0 Å². The van der Waals surface area contributed by atoms with E-state index in [1.54, 1.807) is 0 Å². The van der Waals surface area contributed by atoms with Crippen LogP contribution >= 0.6 is 0 Å². The molecule has 13 heavy (non-hydrogen) atoms. The molecule has 0 radical (unpaired) electrons. The van der Waals surface area contributed by atoms with E-state index in [-0.39, 0.29) is 0 Å². The first kappa shape index (κ1) is 8.75. The monoisotopic (exact) mass is 179 g/mol. The van der Waals surface area contributed by atoms with Crippen LogP contribution in [0.15, 0.2) is 12.3 Å². The third kappa shape index (κ3) is 1.75. The SMILES string of the molecule is CC1CC(c2ccnn2C)CCN1. The first-order valence-corrected chi connectivity index (χ1v) is 4.98. The molecule has 0 aliphatic carbocycles. The van der Waals surface area contributed by atoms with Crippen molar-refractivity contribution in [1.82, 2.24) is 15.1 Å². The van der Waals surface area contributed by atoms with Gasteiger partial charge < -0.3 is 5.32 Å². The van der Waals surface area contributed by atoms with Gasteiger partial charge in [0.25, 0.3) is 0 Å². The zero-order chi connectivity index (χ0) is 9.26. The number of hydrogen-bond donors (Lipinski definition) is 1. The molecular formula is C10H17N3. The van der Waals surface area contributed by atoms with Gasteiger partial charge in [-0.15, -0.1) is 0 Å². The Balaban J connectivity index is 2.12. The van der Waals surface area contributed by atoms with E-state index in [4.69, 9.17) is 0 Å². The fraction of sp³-hybridized carbons (Fsp3) is 0.700. The van der Waals surface area contributed by atoms with Gasteiger partial charge in [0.2, 0.25) is 0 Å². The predicted octanol–water partition coefficient (Wildman–Crippen LogP) is 1.28. The molecule has 1 fully saturated rings. The maximum absolute atomic E-state index is 4.21. The molecule has 0 bridgehead atoms. The van der Waals surface area contributed by atoms with Gasteiger partial charge in [-0.3, -0.25) is 4.68 Å². The van der Waals surface area contributed by atoms with Gasteiger partial charge in [0.1, 0.15) is 0 Å². The fourth-order valence-corrected chi connectivity index (χ4v) is 2.19. The van der Waals surface area contributed by atoms with Crippen LogP contribution in [-0.2, 0) is 7.05 Å². The molecule has 1 aliphatic heterocycles. The quantitative estimate of drug-likeness (QED) is 0.703. The number of nitrogens with one attached hydrogen (secondary N) is 1. The number of rotatable bonds is 1. The smallest absolute Gasteiger partial charge is 0.0492 e. The number of hydrogen-bond acceptors (Lipinski definition) is 2. The molecule has 3 heteroatoms. The lowest BCUT2D eigenvalue weighted by atomic mass is 9.90. The Hall–Kier alpha value is -0.830. The molecule has 3 nitrogen and oxygen atoms in total. The van der Waals surface area contributed by atoms with E-state index < -0.39 is 0 Å². The third-order valence-corrected chi connectivity index (χ3v) is 2.90. The Labute approximate surface area is 79.1 Å². The summed E-state index contributed by atoms with van der Waals surface area (Å²) in [5.74, 6) is 0.698. The van der Waals surface area contributed by atoms with Crippen LogP contribution in [0.3, 0.4) is 0 Å². The minimum Gasteiger partial charge on any atom is -0.314 e. The minimum absolute atomic E-state index is 0.647. The Morgan fingerprint density at radius 2 is 2.46 bits per heavy atom. The number of nitrogens with zero attached hydrogens (tertiary/aromatic N) is 2. The standard InChI is InChI=1S/C10H17N3/c1-8-7-9(3-5-11-8)10-4-6-12-13(10)2/h4,6,8-9,11H,3,5,7H2,1-2H3. The molecule has 1 N–H and O–H groups in total. The highest BCUT2D eigenvalue weighted by Gasteiger charge is 2.21. The summed E-state index contributed by atoms with van der Waals surface area (Å²) in [6.45, 7) is 3.39. The van der Waals surface area contributed by atoms with E-state index in [1.165, 1.54) is 18.5 Å². The highest BCUT2D eigenvalue weighted by molar-refractivity contribution is 5.09. The normalized spacial score (nSPS) is 29.1. The summed E-state index contributed by atoms with van der Waals surface area (Å²) in [5, 5.41) is 7.68. The van der Waals surface area contributed by atoms with Crippen LogP contribution in [0.4, 0.5) is 0 Å². The Kier molecular flexibility index (Phi) is 2.36. The molecule has 2 rings (SSSR count). The van der Waals surface area contributed by atoms with Crippen LogP contribution in [0.2, 0.25) is 0 Å². The zero-order valence-electron chi connectivity index (χ0n) is 8.33. The van der Waals surface area contributed by atoms with Gasteiger partial charge >= 0.3 is 0 Å². The summed E-state index contributed by atoms with van der Waals surface area (Å²) in [6, 6.07) is 2.79. The largest absolute Gasteiger partial charge is 0.314 e. The lowest BCUT2D eigenvalue weighted by Gasteiger charge is -2.27. The summed E-state index contributed by atoms with van der Waals surface area (Å²) >= 11 is 0. The molecule has 1 saturated heterocycles. The average molecular weight is 179 g/mol. The molecule has 72 valence electrons. The molecule has 2 atom stereocenters. The van der Waals surface area contributed by atoms with E-state index in [9.17, 15) is 0 Å². The van der Waals surface area contributed by atoms with Gasteiger partial charge in [0.15, 0.2) is 0 Å². The maximum atomic E-state index is 4.21. The summed E-state index contributed by atoms with van der Waals surface area (Å²) in [6.07, 6.45) is 4.37. The Morgan fingerprint density at radius 1 is 1.62 bits per heavy atom. The maximum Gasteiger partial charge on any atom is 0.0492 e. The van der Waals surface area contributed by atoms with Crippen molar-refractivity contribution in [3.05, 3.63) is 18.0 Å². The summed E-state index contributed by atoms with van der Waals surface area (Å²) in [7, 11) is 2.03. The van der Waals surface area contributed by atoms with Crippen LogP contribution in [0.25, 0.3) is 0 Å². The van der Waals surface area contributed by atoms with Crippen molar-refractivity contribution in [2.24, 2.45) is 7.05 Å². The van der Waals surface area contributed by atoms with E-state index >= 15 is 0 Å². The van der Waals surface area contributed by atoms with Gasteiger partial charge in [0.05, 0.1) is 0 Å². The van der Waals surface area contributed by atoms with Crippen molar-refractivity contribution in [1.29, 1.82) is 0 Å². The molecule has 1 aliphatic rings. The first-order valence-electron chi connectivity index (χ1n) is 4.98. The molecule has 2 unspecified atom stereocenters. The zero-order valence-corrected chi connectivity index (χ0v) is 8.33. The van der Waals surface area contributed by atoms with Crippen LogP contribution < -0.4 is 5.32 Å². The molecular weight excluding hydrogens is 162 g/mol. The second-order valence-corrected chi connectivity index (χ2v) is 3.96. The Bertz CT molecular complexity index is 279. The van der Waals surface area contributed by atoms with E-state index in [0.717, 1.165) is 6.54 Å². The lowest BCUT2D eigenvalue weighted by molar-refractivity contribution is 0.369. The number of aromatic nitrogens is 2. The van der Waals surface area contributed by atoms with Gasteiger partial charge in [-0.2, -0.15) is 5.10 Å². The van der Waals surface area contributed by atoms with Crippen LogP contribution in [0, 0.1) is 0 Å². The van der Waals surface area contributed by atoms with Crippen molar-refractivity contribution in [3.8, 4) is 0 Å². The Morgan fingerprint density at radius 3 is 3.08 bits per heavy atom. The van der Waals surface area contributed by atoms with Crippen molar-refractivity contribution < 1.29 is 0 Å². The first-order chi connectivity index (χ1) is 6.27. The third-order valence-electron chi connectivity index (χ3n) is 2.90. The molecule has 0 aromatic carbocycles. The van der Waals surface area contributed by atoms with Gasteiger partial charge in [-0.05, 0) is 32.4 Å². The van der Waals surface area contributed by atoms with Crippen molar-refractivity contribution in [2.45, 2.75) is 31.7 Å². The van der Waals surface area contributed by atoms with Crippen LogP contribution in [0.1, 0.15) is 31.4 Å². The predicted molar refractivity (Wildman–Crippen MR) is 52.6 cm³/mol. The van der Waals surface area contributed by atoms with Crippen molar-refractivity contribution in [2.75, 3.05) is 6.54 Å². The summed E-state index contributed by atoms with van der Waals surface area (Å²) < 4.78 is 2.00. The highest BCUT2D eigenvalue weighted by Crippen LogP contribution is 2.26. The van der Waals surface area contributed by atoms with Gasteiger partial charge in [-0.1, -0.05) is 0 Å². The molecule has 2 heterocycles. The van der Waals surface area contributed by atoms with Crippen LogP contribution in [-0.4, -0.2) is 22.4 Å². The van der Waals surface area contributed by atoms with Gasteiger partial charge in [-0.25, -0.2) is 0 Å². The second kappa shape index (κ2) is 3.50. The second-order valence-electron chi connectivity index (χ2n) is 3.96. The fourth-order valence-electron chi connectivity index (χ4n) is 2.19. The number of aryl methyl sites for hydroxylation is 1. The van der Waals surface area contributed by atoms with Crippen LogP contribution in [0.5, 0.6) is 0 Å². The topological polar surface area (TPSA) is 29.9 Å². The molecule has 1 aromatic heterocycles. The number of piperidine rings is 1. The van der Waals surface area contributed by atoms with Crippen molar-refractivity contribution in [3.63, 3.8) is 0 Å². The molecule has 0 spiro atoms. The van der Waals surface area contributed by atoms with Gasteiger partial charge in [0, 0.05) is 30.9 Å². The molecule has 0 amide bonds. The molecule has 0 saturated carbocycles. The molecule has 1 aromatic rings. The summed E-state index contributed by atoms with van der Waals surface area (Å²) in [4.78, 5) is 0. The minimum atomic E-state index is 0.647. The van der Waals surface area contributed by atoms with E-state index in [2.05, 4.69) is 23.4 Å². The summed E-state index contributed by atoms with van der Waals surface area (Å²) in [5.41, 5.74) is 1.38. The van der Waals surface area contributed by atoms with Crippen molar-refractivity contribution >= 4 is 0 Å². The lowest BCUT2D eigenvalue weighted by Crippen LogP contribution is -2.35. The average Bonchev–Trinajstić information content (AvgIpc) is 2.51. The highest BCUT2D eigenvalue weighted by atomic mass is 15.3.